The van der Waals surface area contributed by atoms with Gasteiger partial charge in [-0.25, -0.2) is 9.18 Å². The summed E-state index contributed by atoms with van der Waals surface area (Å²) >= 11 is 0. The molecule has 2 N–H and O–H groups in total. The Kier molecular flexibility index (Phi) is 3.63. The number of esters is 1. The predicted octanol–water partition coefficient (Wildman–Crippen LogP) is 1.58. The summed E-state index contributed by atoms with van der Waals surface area (Å²) < 4.78 is 18.2. The monoisotopic (exact) mass is 293 g/mol. The first-order chi connectivity index (χ1) is 10.0. The third kappa shape index (κ3) is 2.76. The van der Waals surface area contributed by atoms with Gasteiger partial charge < -0.3 is 15.2 Å². The van der Waals surface area contributed by atoms with Crippen LogP contribution in [0.5, 0.6) is 0 Å². The Balaban J connectivity index is 1.74. The largest absolute Gasteiger partial charge is 0.481 e. The third-order valence-electron chi connectivity index (χ3n) is 4.25. The van der Waals surface area contributed by atoms with Gasteiger partial charge in [-0.05, 0) is 37.1 Å². The molecule has 2 saturated heterocycles. The molecule has 0 saturated carbocycles. The van der Waals surface area contributed by atoms with Gasteiger partial charge in [-0.1, -0.05) is 0 Å². The number of nitrogens with one attached hydrogen (secondary N) is 1. The van der Waals surface area contributed by atoms with E-state index >= 15 is 0 Å². The van der Waals surface area contributed by atoms with E-state index in [0.29, 0.717) is 6.42 Å². The lowest BCUT2D eigenvalue weighted by atomic mass is 9.89. The number of carboxylic acid groups (broad SMARTS) is 1. The number of halogens is 1. The molecular formula is C15H16FNO4. The maximum Gasteiger partial charge on any atom is 0.338 e. The minimum atomic E-state index is -0.954. The highest BCUT2D eigenvalue weighted by atomic mass is 19.1. The number of hydrogen-bond acceptors (Lipinski definition) is 4. The second-order valence-electron chi connectivity index (χ2n) is 5.60. The van der Waals surface area contributed by atoms with Crippen LogP contribution in [0, 0.1) is 11.7 Å². The van der Waals surface area contributed by atoms with Crippen molar-refractivity contribution in [3.05, 3.63) is 35.6 Å². The van der Waals surface area contributed by atoms with Gasteiger partial charge in [0.2, 0.25) is 0 Å². The van der Waals surface area contributed by atoms with Crippen LogP contribution in [0.2, 0.25) is 0 Å². The van der Waals surface area contributed by atoms with Crippen LogP contribution >= 0.6 is 0 Å². The molecule has 0 spiro atoms. The molecule has 0 aliphatic carbocycles. The number of hydrogen-bond donors (Lipinski definition) is 2. The Morgan fingerprint density at radius 1 is 1.24 bits per heavy atom. The van der Waals surface area contributed by atoms with E-state index in [1.54, 1.807) is 0 Å². The fraction of sp³-hybridized carbons (Fsp3) is 0.467. The summed E-state index contributed by atoms with van der Waals surface area (Å²) in [4.78, 5) is 23.5. The summed E-state index contributed by atoms with van der Waals surface area (Å²) in [6, 6.07) is 5.09. The average molecular weight is 293 g/mol. The van der Waals surface area contributed by atoms with Crippen molar-refractivity contribution in [3.8, 4) is 0 Å². The maximum absolute atomic E-state index is 12.8. The number of fused-ring (bicyclic) bond motifs is 2. The lowest BCUT2D eigenvalue weighted by Gasteiger charge is -2.34. The van der Waals surface area contributed by atoms with Crippen molar-refractivity contribution >= 4 is 11.9 Å². The van der Waals surface area contributed by atoms with Gasteiger partial charge in [-0.3, -0.25) is 4.79 Å². The molecule has 1 aromatic rings. The number of ether oxygens (including phenoxy) is 1. The summed E-state index contributed by atoms with van der Waals surface area (Å²) in [5.74, 6) is -2.72. The third-order valence-corrected chi connectivity index (χ3v) is 4.25. The minimum Gasteiger partial charge on any atom is -0.481 e. The number of benzene rings is 1. The Morgan fingerprint density at radius 3 is 2.62 bits per heavy atom. The van der Waals surface area contributed by atoms with Crippen molar-refractivity contribution in [2.45, 2.75) is 37.5 Å². The first-order valence-corrected chi connectivity index (χ1v) is 7.00. The number of piperidine rings is 1. The van der Waals surface area contributed by atoms with E-state index in [-0.39, 0.29) is 17.6 Å². The highest BCUT2D eigenvalue weighted by Gasteiger charge is 2.47. The summed E-state index contributed by atoms with van der Waals surface area (Å²) in [6.45, 7) is 0. The first-order valence-electron chi connectivity index (χ1n) is 7.00. The number of carbonyl (C=O) groups is 2. The SMILES string of the molecule is O=C(O[C@H]1C[C@@H]2CC[C@@H](N2)[C@H]1C(=O)O)c1ccc(F)cc1. The van der Waals surface area contributed by atoms with Crippen molar-refractivity contribution in [1.29, 1.82) is 0 Å². The van der Waals surface area contributed by atoms with Crippen LogP contribution in [0.25, 0.3) is 0 Å². The van der Waals surface area contributed by atoms with Crippen molar-refractivity contribution in [2.75, 3.05) is 0 Å². The normalized spacial score (nSPS) is 30.9. The molecule has 21 heavy (non-hydrogen) atoms. The summed E-state index contributed by atoms with van der Waals surface area (Å²) in [5.41, 5.74) is 0.228. The van der Waals surface area contributed by atoms with Crippen LogP contribution in [0.3, 0.4) is 0 Å². The lowest BCUT2D eigenvalue weighted by molar-refractivity contribution is -0.148. The molecule has 6 heteroatoms. The molecule has 112 valence electrons. The fourth-order valence-electron chi connectivity index (χ4n) is 3.25. The van der Waals surface area contributed by atoms with Crippen LogP contribution in [0.4, 0.5) is 4.39 Å². The highest BCUT2D eigenvalue weighted by Crippen LogP contribution is 2.34. The number of aliphatic carboxylic acids is 1. The van der Waals surface area contributed by atoms with E-state index in [2.05, 4.69) is 5.32 Å². The van der Waals surface area contributed by atoms with E-state index in [4.69, 9.17) is 4.74 Å². The van der Waals surface area contributed by atoms with Crippen molar-refractivity contribution in [2.24, 2.45) is 5.92 Å². The molecule has 4 atom stereocenters. The summed E-state index contributed by atoms with van der Waals surface area (Å²) in [6.07, 6.45) is 1.55. The van der Waals surface area contributed by atoms with Crippen LogP contribution in [-0.2, 0) is 9.53 Å². The highest BCUT2D eigenvalue weighted by molar-refractivity contribution is 5.89. The van der Waals surface area contributed by atoms with E-state index in [1.165, 1.54) is 24.3 Å². The van der Waals surface area contributed by atoms with Crippen LogP contribution < -0.4 is 5.32 Å². The number of carbonyl (C=O) groups excluding carboxylic acids is 1. The van der Waals surface area contributed by atoms with Crippen molar-refractivity contribution in [1.82, 2.24) is 5.32 Å². The van der Waals surface area contributed by atoms with E-state index in [0.717, 1.165) is 12.8 Å². The van der Waals surface area contributed by atoms with Gasteiger partial charge in [0.15, 0.2) is 0 Å². The summed E-state index contributed by atoms with van der Waals surface area (Å²) in [7, 11) is 0. The molecular weight excluding hydrogens is 277 g/mol. The topological polar surface area (TPSA) is 75.6 Å². The molecule has 0 unspecified atom stereocenters. The average Bonchev–Trinajstić information content (AvgIpc) is 2.80. The van der Waals surface area contributed by atoms with Crippen LogP contribution in [-0.4, -0.2) is 35.2 Å². The van der Waals surface area contributed by atoms with E-state index < -0.39 is 29.8 Å². The fourth-order valence-corrected chi connectivity index (χ4v) is 3.25. The van der Waals surface area contributed by atoms with Gasteiger partial charge in [-0.15, -0.1) is 0 Å². The Labute approximate surface area is 121 Å². The molecule has 2 fully saturated rings. The van der Waals surface area contributed by atoms with Crippen LogP contribution in [0.1, 0.15) is 29.6 Å². The lowest BCUT2D eigenvalue weighted by Crippen LogP contribution is -2.52. The van der Waals surface area contributed by atoms with Gasteiger partial charge in [0.05, 0.1) is 5.56 Å². The Hall–Kier alpha value is -1.95. The van der Waals surface area contributed by atoms with Crippen LogP contribution in [0.15, 0.2) is 24.3 Å². The molecule has 2 aliphatic rings. The van der Waals surface area contributed by atoms with E-state index in [1.807, 2.05) is 0 Å². The zero-order valence-corrected chi connectivity index (χ0v) is 11.3. The number of rotatable bonds is 3. The van der Waals surface area contributed by atoms with Gasteiger partial charge in [0, 0.05) is 18.5 Å². The quantitative estimate of drug-likeness (QED) is 0.827. The predicted molar refractivity (Wildman–Crippen MR) is 71.3 cm³/mol. The molecule has 0 aromatic heterocycles. The molecule has 1 aromatic carbocycles. The molecule has 3 rings (SSSR count). The molecule has 0 amide bonds. The second kappa shape index (κ2) is 5.44. The Bertz CT molecular complexity index is 559. The molecule has 2 aliphatic heterocycles. The minimum absolute atomic E-state index is 0.146. The standard InChI is InChI=1S/C15H16FNO4/c16-9-3-1-8(2-4-9)15(20)21-12-7-10-5-6-11(17-10)13(12)14(18)19/h1-4,10-13,17H,5-7H2,(H,18,19)/t10-,11+,12-,13+/m0/s1. The zero-order valence-electron chi connectivity index (χ0n) is 11.3. The smallest absolute Gasteiger partial charge is 0.338 e. The molecule has 2 bridgehead atoms. The molecule has 5 nitrogen and oxygen atoms in total. The van der Waals surface area contributed by atoms with Gasteiger partial charge in [0.25, 0.3) is 0 Å². The van der Waals surface area contributed by atoms with Gasteiger partial charge in [-0.2, -0.15) is 0 Å². The Morgan fingerprint density at radius 2 is 1.95 bits per heavy atom. The second-order valence-corrected chi connectivity index (χ2v) is 5.60. The van der Waals surface area contributed by atoms with E-state index in [9.17, 15) is 19.1 Å². The molecule has 2 heterocycles. The number of carboxylic acids is 1. The van der Waals surface area contributed by atoms with Crippen molar-refractivity contribution in [3.63, 3.8) is 0 Å². The maximum atomic E-state index is 12.8. The summed E-state index contributed by atoms with van der Waals surface area (Å²) in [5, 5.41) is 12.6. The van der Waals surface area contributed by atoms with Crippen molar-refractivity contribution < 1.29 is 23.8 Å². The van der Waals surface area contributed by atoms with Gasteiger partial charge in [0.1, 0.15) is 17.8 Å². The molecule has 0 radical (unpaired) electrons. The zero-order chi connectivity index (χ0) is 15.0. The van der Waals surface area contributed by atoms with Gasteiger partial charge >= 0.3 is 11.9 Å². The first kappa shape index (κ1) is 14.0.